The maximum Gasteiger partial charge on any atom is 0.243 e. The van der Waals surface area contributed by atoms with Crippen LogP contribution in [0, 0.1) is 25.2 Å². The van der Waals surface area contributed by atoms with E-state index >= 15 is 0 Å². The molecule has 2 unspecified atom stereocenters. The van der Waals surface area contributed by atoms with Crippen LogP contribution in [0.3, 0.4) is 0 Å². The van der Waals surface area contributed by atoms with E-state index in [9.17, 15) is 18.5 Å². The van der Waals surface area contributed by atoms with E-state index in [1.54, 1.807) is 42.0 Å². The van der Waals surface area contributed by atoms with E-state index in [0.29, 0.717) is 11.3 Å². The van der Waals surface area contributed by atoms with Gasteiger partial charge in [0.2, 0.25) is 15.9 Å². The number of aromatic nitrogens is 1. The topological polar surface area (TPSA) is 104 Å². The molecule has 2 aromatic carbocycles. The number of nitrogens with one attached hydrogen (secondary N) is 2. The molecule has 1 heterocycles. The zero-order valence-corrected chi connectivity index (χ0v) is 20.8. The number of halogens is 1. The lowest BCUT2D eigenvalue weighted by Gasteiger charge is -2.24. The molecule has 0 fully saturated rings. The van der Waals surface area contributed by atoms with Crippen LogP contribution in [-0.2, 0) is 21.4 Å². The van der Waals surface area contributed by atoms with Crippen LogP contribution in [0.1, 0.15) is 41.8 Å². The van der Waals surface area contributed by atoms with E-state index in [-0.39, 0.29) is 28.9 Å². The number of carbonyl (C=O) groups is 1. The summed E-state index contributed by atoms with van der Waals surface area (Å²) in [6.45, 7) is 5.69. The van der Waals surface area contributed by atoms with Gasteiger partial charge in [0, 0.05) is 18.8 Å². The zero-order valence-electron chi connectivity index (χ0n) is 19.2. The number of carbonyl (C=O) groups excluding carboxylic acids is 1. The highest BCUT2D eigenvalue weighted by molar-refractivity contribution is 7.89. The highest BCUT2D eigenvalue weighted by atomic mass is 35.5. The summed E-state index contributed by atoms with van der Waals surface area (Å²) >= 11 is 6.20. The first kappa shape index (κ1) is 25.5. The SMILES string of the molecule is Cc1cccc(CNC(=O)C(CC(C)n2cccc2C#N)NS(=O)(=O)c2c(C)cccc2Cl)c1. The molecule has 1 amide bonds. The molecule has 0 aliphatic carbocycles. The predicted octanol–water partition coefficient (Wildman–Crippen LogP) is 4.24. The van der Waals surface area contributed by atoms with Crippen molar-refractivity contribution in [3.63, 3.8) is 0 Å². The Morgan fingerprint density at radius 2 is 1.88 bits per heavy atom. The van der Waals surface area contributed by atoms with Crippen LogP contribution in [0.2, 0.25) is 5.02 Å². The third-order valence-corrected chi connectivity index (χ3v) is 7.64. The van der Waals surface area contributed by atoms with Gasteiger partial charge in [0.15, 0.2) is 0 Å². The first-order valence-electron chi connectivity index (χ1n) is 10.8. The number of hydrogen-bond acceptors (Lipinski definition) is 4. The van der Waals surface area contributed by atoms with Crippen molar-refractivity contribution in [1.82, 2.24) is 14.6 Å². The Hall–Kier alpha value is -3.12. The van der Waals surface area contributed by atoms with Crippen LogP contribution in [0.25, 0.3) is 0 Å². The van der Waals surface area contributed by atoms with E-state index in [2.05, 4.69) is 16.1 Å². The van der Waals surface area contributed by atoms with Crippen molar-refractivity contribution in [2.45, 2.75) is 50.7 Å². The molecule has 9 heteroatoms. The van der Waals surface area contributed by atoms with Crippen molar-refractivity contribution in [3.8, 4) is 6.07 Å². The summed E-state index contributed by atoms with van der Waals surface area (Å²) in [5.41, 5.74) is 2.87. The monoisotopic (exact) mass is 498 g/mol. The Kier molecular flexibility index (Phi) is 8.15. The van der Waals surface area contributed by atoms with Crippen LogP contribution in [-0.4, -0.2) is 24.9 Å². The average Bonchev–Trinajstić information content (AvgIpc) is 3.26. The lowest BCUT2D eigenvalue weighted by molar-refractivity contribution is -0.123. The molecule has 34 heavy (non-hydrogen) atoms. The fourth-order valence-electron chi connectivity index (χ4n) is 3.87. The van der Waals surface area contributed by atoms with Gasteiger partial charge in [-0.15, -0.1) is 0 Å². The van der Waals surface area contributed by atoms with Crippen molar-refractivity contribution in [3.05, 3.63) is 88.2 Å². The van der Waals surface area contributed by atoms with Crippen molar-refractivity contribution in [2.75, 3.05) is 0 Å². The number of amides is 1. The number of nitriles is 1. The normalized spacial score (nSPS) is 13.1. The molecule has 0 saturated carbocycles. The van der Waals surface area contributed by atoms with Gasteiger partial charge in [-0.05, 0) is 56.5 Å². The molecule has 0 radical (unpaired) electrons. The van der Waals surface area contributed by atoms with Crippen LogP contribution in [0.15, 0.2) is 65.7 Å². The standard InChI is InChI=1S/C25H27ClN4O3S/c1-17-7-4-9-20(13-17)16-28-25(31)23(14-19(3)30-12-6-10-21(30)15-27)29-34(32,33)24-18(2)8-5-11-22(24)26/h4-13,19,23,29H,14,16H2,1-3H3,(H,28,31). The lowest BCUT2D eigenvalue weighted by atomic mass is 10.1. The molecule has 3 aromatic rings. The maximum atomic E-state index is 13.3. The number of aryl methyl sites for hydroxylation is 2. The predicted molar refractivity (Wildman–Crippen MR) is 132 cm³/mol. The molecule has 0 spiro atoms. The Labute approximate surface area is 205 Å². The molecule has 0 saturated heterocycles. The second-order valence-corrected chi connectivity index (χ2v) is 10.3. The van der Waals surface area contributed by atoms with E-state index < -0.39 is 22.0 Å². The zero-order chi connectivity index (χ0) is 24.9. The minimum absolute atomic E-state index is 0.0560. The van der Waals surface area contributed by atoms with Crippen molar-refractivity contribution >= 4 is 27.5 Å². The molecular weight excluding hydrogens is 472 g/mol. The van der Waals surface area contributed by atoms with Gasteiger partial charge in [0.1, 0.15) is 22.7 Å². The number of sulfonamides is 1. The second kappa shape index (κ2) is 10.9. The fraction of sp³-hybridized carbons (Fsp3) is 0.280. The first-order valence-corrected chi connectivity index (χ1v) is 12.7. The van der Waals surface area contributed by atoms with Gasteiger partial charge in [-0.1, -0.05) is 53.6 Å². The number of nitrogens with zero attached hydrogens (tertiary/aromatic N) is 2. The van der Waals surface area contributed by atoms with Gasteiger partial charge in [0.25, 0.3) is 0 Å². The van der Waals surface area contributed by atoms with Crippen molar-refractivity contribution in [2.24, 2.45) is 0 Å². The largest absolute Gasteiger partial charge is 0.351 e. The third kappa shape index (κ3) is 6.06. The van der Waals surface area contributed by atoms with Gasteiger partial charge in [0.05, 0.1) is 5.02 Å². The van der Waals surface area contributed by atoms with E-state index in [1.807, 2.05) is 38.1 Å². The first-order chi connectivity index (χ1) is 16.1. The maximum absolute atomic E-state index is 13.3. The second-order valence-electron chi connectivity index (χ2n) is 8.26. The fourth-order valence-corrected chi connectivity index (χ4v) is 5.91. The Bertz CT molecular complexity index is 1310. The van der Waals surface area contributed by atoms with Crippen LogP contribution in [0.5, 0.6) is 0 Å². The molecule has 2 atom stereocenters. The van der Waals surface area contributed by atoms with Crippen LogP contribution in [0.4, 0.5) is 0 Å². The summed E-state index contributed by atoms with van der Waals surface area (Å²) in [6, 6.07) is 16.6. The van der Waals surface area contributed by atoms with Gasteiger partial charge < -0.3 is 9.88 Å². The van der Waals surface area contributed by atoms with Crippen LogP contribution < -0.4 is 10.0 Å². The minimum atomic E-state index is -4.10. The summed E-state index contributed by atoms with van der Waals surface area (Å²) < 4.78 is 30.8. The molecule has 7 nitrogen and oxygen atoms in total. The Balaban J connectivity index is 1.87. The van der Waals surface area contributed by atoms with Gasteiger partial charge in [-0.2, -0.15) is 9.98 Å². The summed E-state index contributed by atoms with van der Waals surface area (Å²) in [5, 5.41) is 12.3. The smallest absolute Gasteiger partial charge is 0.243 e. The minimum Gasteiger partial charge on any atom is -0.351 e. The van der Waals surface area contributed by atoms with E-state index in [1.165, 1.54) is 6.07 Å². The van der Waals surface area contributed by atoms with E-state index in [0.717, 1.165) is 11.1 Å². The summed E-state index contributed by atoms with van der Waals surface area (Å²) in [4.78, 5) is 13.1. The molecule has 0 aliphatic heterocycles. The summed E-state index contributed by atoms with van der Waals surface area (Å²) in [6.07, 6.45) is 1.86. The molecule has 3 rings (SSSR count). The molecule has 0 bridgehead atoms. The lowest BCUT2D eigenvalue weighted by Crippen LogP contribution is -2.47. The summed E-state index contributed by atoms with van der Waals surface area (Å²) in [7, 11) is -4.10. The molecule has 178 valence electrons. The Morgan fingerprint density at radius 1 is 1.15 bits per heavy atom. The summed E-state index contributed by atoms with van der Waals surface area (Å²) in [5.74, 6) is -0.465. The van der Waals surface area contributed by atoms with Gasteiger partial charge in [-0.25, -0.2) is 8.42 Å². The van der Waals surface area contributed by atoms with Crippen molar-refractivity contribution in [1.29, 1.82) is 5.26 Å². The molecular formula is C25H27ClN4O3S. The average molecular weight is 499 g/mol. The van der Waals surface area contributed by atoms with E-state index in [4.69, 9.17) is 11.6 Å². The molecule has 2 N–H and O–H groups in total. The highest BCUT2D eigenvalue weighted by Crippen LogP contribution is 2.26. The quantitative estimate of drug-likeness (QED) is 0.460. The van der Waals surface area contributed by atoms with Crippen molar-refractivity contribution < 1.29 is 13.2 Å². The molecule has 0 aliphatic rings. The number of rotatable bonds is 9. The third-order valence-electron chi connectivity index (χ3n) is 5.54. The highest BCUT2D eigenvalue weighted by Gasteiger charge is 2.30. The molecule has 1 aromatic heterocycles. The van der Waals surface area contributed by atoms with Gasteiger partial charge >= 0.3 is 0 Å². The van der Waals surface area contributed by atoms with Crippen LogP contribution >= 0.6 is 11.6 Å². The number of hydrogen-bond donors (Lipinski definition) is 2. The van der Waals surface area contributed by atoms with Gasteiger partial charge in [-0.3, -0.25) is 4.79 Å². The number of benzene rings is 2. The Morgan fingerprint density at radius 3 is 2.56 bits per heavy atom.